The zero-order valence-corrected chi connectivity index (χ0v) is 22.9. The van der Waals surface area contributed by atoms with Crippen molar-refractivity contribution in [2.45, 2.75) is 71.1 Å². The molecule has 0 spiro atoms. The van der Waals surface area contributed by atoms with Crippen LogP contribution < -0.4 is 4.74 Å². The van der Waals surface area contributed by atoms with Crippen LogP contribution in [0.25, 0.3) is 0 Å². The molecule has 1 saturated heterocycles. The predicted octanol–water partition coefficient (Wildman–Crippen LogP) is 3.61. The third kappa shape index (κ3) is 9.00. The van der Waals surface area contributed by atoms with Gasteiger partial charge in [-0.2, -0.15) is 0 Å². The number of rotatable bonds is 12. The van der Waals surface area contributed by atoms with Gasteiger partial charge in [0.25, 0.3) is 0 Å². The average Bonchev–Trinajstić information content (AvgIpc) is 3.67. The average molecular weight is 519 g/mol. The number of aryl methyl sites for hydroxylation is 1. The quantitative estimate of drug-likeness (QED) is 0.308. The van der Waals surface area contributed by atoms with Crippen LogP contribution in [0.15, 0.2) is 18.2 Å². The molecule has 1 aromatic carbocycles. The number of amides is 2. The molecule has 37 heavy (non-hydrogen) atoms. The maximum absolute atomic E-state index is 13.7. The van der Waals surface area contributed by atoms with Crippen molar-refractivity contribution in [3.8, 4) is 5.75 Å². The monoisotopic (exact) mass is 518 g/mol. The first-order valence-electron chi connectivity index (χ1n) is 13.2. The Morgan fingerprint density at radius 1 is 1.03 bits per heavy atom. The molecule has 1 aliphatic heterocycles. The minimum Gasteiger partial charge on any atom is -0.491 e. The van der Waals surface area contributed by atoms with Gasteiger partial charge in [0.2, 0.25) is 5.91 Å². The van der Waals surface area contributed by atoms with E-state index in [9.17, 15) is 14.4 Å². The van der Waals surface area contributed by atoms with E-state index >= 15 is 0 Å². The van der Waals surface area contributed by atoms with E-state index in [4.69, 9.17) is 18.9 Å². The van der Waals surface area contributed by atoms with Gasteiger partial charge < -0.3 is 28.7 Å². The van der Waals surface area contributed by atoms with Gasteiger partial charge in [0.1, 0.15) is 29.7 Å². The van der Waals surface area contributed by atoms with Crippen LogP contribution in [0.1, 0.15) is 57.6 Å². The fourth-order valence-electron chi connectivity index (χ4n) is 4.42. The van der Waals surface area contributed by atoms with Crippen LogP contribution in [0.3, 0.4) is 0 Å². The van der Waals surface area contributed by atoms with E-state index < -0.39 is 17.6 Å². The highest BCUT2D eigenvalue weighted by Gasteiger charge is 2.42. The van der Waals surface area contributed by atoms with E-state index in [0.717, 1.165) is 42.6 Å². The molecular formula is C28H42N2O7. The summed E-state index contributed by atoms with van der Waals surface area (Å²) in [6.45, 7) is 7.68. The Hall–Kier alpha value is -2.65. The summed E-state index contributed by atoms with van der Waals surface area (Å²) < 4.78 is 21.7. The Balaban J connectivity index is 1.76. The first-order valence-corrected chi connectivity index (χ1v) is 13.2. The maximum Gasteiger partial charge on any atom is 0.410 e. The van der Waals surface area contributed by atoms with Crippen LogP contribution in [0.4, 0.5) is 4.79 Å². The molecule has 9 heteroatoms. The molecule has 2 aliphatic rings. The molecule has 1 heterocycles. The number of ketones is 1. The smallest absolute Gasteiger partial charge is 0.410 e. The molecule has 1 aliphatic carbocycles. The lowest BCUT2D eigenvalue weighted by Gasteiger charge is -2.35. The van der Waals surface area contributed by atoms with Gasteiger partial charge in [0.15, 0.2) is 0 Å². The second-order valence-electron chi connectivity index (χ2n) is 10.8. The number of benzene rings is 1. The van der Waals surface area contributed by atoms with Gasteiger partial charge in [-0.15, -0.1) is 0 Å². The molecule has 0 N–H and O–H groups in total. The summed E-state index contributed by atoms with van der Waals surface area (Å²) >= 11 is 0. The third-order valence-electron chi connectivity index (χ3n) is 6.39. The summed E-state index contributed by atoms with van der Waals surface area (Å²) in [6.07, 6.45) is 3.18. The van der Waals surface area contributed by atoms with Gasteiger partial charge in [-0.1, -0.05) is 6.07 Å². The van der Waals surface area contributed by atoms with Gasteiger partial charge in [-0.3, -0.25) is 9.59 Å². The van der Waals surface area contributed by atoms with Gasteiger partial charge in [-0.25, -0.2) is 4.79 Å². The zero-order valence-electron chi connectivity index (χ0n) is 22.9. The van der Waals surface area contributed by atoms with Crippen LogP contribution in [0.2, 0.25) is 0 Å². The molecule has 2 fully saturated rings. The number of hydrogen-bond donors (Lipinski definition) is 0. The molecule has 2 amide bonds. The molecule has 1 aromatic rings. The Bertz CT molecular complexity index is 911. The summed E-state index contributed by atoms with van der Waals surface area (Å²) in [5, 5.41) is 0. The predicted molar refractivity (Wildman–Crippen MR) is 139 cm³/mol. The van der Waals surface area contributed by atoms with Crippen molar-refractivity contribution in [1.29, 1.82) is 0 Å². The van der Waals surface area contributed by atoms with E-state index in [1.807, 2.05) is 17.0 Å². The Morgan fingerprint density at radius 3 is 2.38 bits per heavy atom. The van der Waals surface area contributed by atoms with Crippen LogP contribution in [0, 0.1) is 5.92 Å². The van der Waals surface area contributed by atoms with E-state index in [-0.39, 0.29) is 37.2 Å². The minimum atomic E-state index is -0.871. The van der Waals surface area contributed by atoms with E-state index in [0.29, 0.717) is 26.4 Å². The molecular weight excluding hydrogens is 476 g/mol. The Labute approximate surface area is 220 Å². The van der Waals surface area contributed by atoms with Crippen molar-refractivity contribution >= 4 is 17.8 Å². The fourth-order valence-corrected chi connectivity index (χ4v) is 4.42. The van der Waals surface area contributed by atoms with Gasteiger partial charge in [-0.05, 0) is 69.7 Å². The largest absolute Gasteiger partial charge is 0.491 e. The number of piperidine rings is 1. The van der Waals surface area contributed by atoms with E-state index in [2.05, 4.69) is 6.07 Å². The van der Waals surface area contributed by atoms with Crippen molar-refractivity contribution in [3.63, 3.8) is 0 Å². The summed E-state index contributed by atoms with van der Waals surface area (Å²) in [5.41, 5.74) is 1.42. The molecule has 3 rings (SSSR count). The second-order valence-corrected chi connectivity index (χ2v) is 10.8. The van der Waals surface area contributed by atoms with Crippen molar-refractivity contribution in [3.05, 3.63) is 29.3 Å². The molecule has 0 radical (unpaired) electrons. The number of nitrogens with zero attached hydrogens (tertiary/aromatic N) is 2. The summed E-state index contributed by atoms with van der Waals surface area (Å²) in [5.74, 6) is -0.473. The number of methoxy groups -OCH3 is 2. The van der Waals surface area contributed by atoms with Crippen molar-refractivity contribution in [2.24, 2.45) is 5.92 Å². The molecule has 0 bridgehead atoms. The van der Waals surface area contributed by atoms with Gasteiger partial charge in [0.05, 0.1) is 6.61 Å². The standard InChI is InChI=1S/C28H42N2O7/c1-28(2,3)37-27(33)29-11-10-25(31)24(19-29)26(32)30(22-8-9-22)18-21-15-20(7-6-12-34-4)16-23(17-21)36-14-13-35-5/h15-17,22,24H,6-14,18-19H2,1-5H3. The van der Waals surface area contributed by atoms with Crippen LogP contribution in [0.5, 0.6) is 5.75 Å². The summed E-state index contributed by atoms with van der Waals surface area (Å²) in [6, 6.07) is 6.17. The molecule has 206 valence electrons. The van der Waals surface area contributed by atoms with Crippen LogP contribution in [-0.2, 0) is 36.8 Å². The number of Topliss-reactive ketones (excluding diaryl/α,β-unsaturated/α-hetero) is 1. The normalized spacial score (nSPS) is 18.0. The first-order chi connectivity index (χ1) is 17.6. The van der Waals surface area contributed by atoms with E-state index in [1.165, 1.54) is 4.90 Å². The number of carbonyl (C=O) groups is 3. The lowest BCUT2D eigenvalue weighted by atomic mass is 9.94. The SMILES string of the molecule is COCCCc1cc(CN(C(=O)C2CN(C(=O)OC(C)(C)C)CCC2=O)C2CC2)cc(OCCOC)c1. The zero-order chi connectivity index (χ0) is 27.0. The Kier molecular flexibility index (Phi) is 10.3. The lowest BCUT2D eigenvalue weighted by Crippen LogP contribution is -2.52. The molecule has 0 aromatic heterocycles. The van der Waals surface area contributed by atoms with Crippen molar-refractivity contribution < 1.29 is 33.3 Å². The topological polar surface area (TPSA) is 94.6 Å². The van der Waals surface area contributed by atoms with Gasteiger partial charge in [0, 0.05) is 52.9 Å². The Morgan fingerprint density at radius 2 is 1.73 bits per heavy atom. The summed E-state index contributed by atoms with van der Waals surface area (Å²) in [4.78, 5) is 42.4. The number of carbonyl (C=O) groups excluding carboxylic acids is 3. The fraction of sp³-hybridized carbons (Fsp3) is 0.679. The van der Waals surface area contributed by atoms with E-state index in [1.54, 1.807) is 35.0 Å². The second kappa shape index (κ2) is 13.2. The highest BCUT2D eigenvalue weighted by molar-refractivity contribution is 6.03. The highest BCUT2D eigenvalue weighted by Crippen LogP contribution is 2.32. The van der Waals surface area contributed by atoms with Crippen molar-refractivity contribution in [1.82, 2.24) is 9.80 Å². The van der Waals surface area contributed by atoms with Crippen molar-refractivity contribution in [2.75, 3.05) is 47.1 Å². The highest BCUT2D eigenvalue weighted by atomic mass is 16.6. The number of ether oxygens (including phenoxy) is 4. The first kappa shape index (κ1) is 28.9. The molecule has 1 saturated carbocycles. The maximum atomic E-state index is 13.7. The molecule has 1 atom stereocenters. The molecule has 9 nitrogen and oxygen atoms in total. The minimum absolute atomic E-state index is 0.0538. The number of hydrogen-bond acceptors (Lipinski definition) is 7. The van der Waals surface area contributed by atoms with Gasteiger partial charge >= 0.3 is 6.09 Å². The lowest BCUT2D eigenvalue weighted by molar-refractivity contribution is -0.144. The number of likely N-dealkylation sites (tertiary alicyclic amines) is 1. The van der Waals surface area contributed by atoms with Crippen LogP contribution in [-0.4, -0.2) is 86.4 Å². The summed E-state index contributed by atoms with van der Waals surface area (Å²) in [7, 11) is 3.32. The third-order valence-corrected chi connectivity index (χ3v) is 6.39. The molecule has 1 unspecified atom stereocenters. The van der Waals surface area contributed by atoms with Crippen LogP contribution >= 0.6 is 0 Å².